The zero-order valence-electron chi connectivity index (χ0n) is 27.4. The topological polar surface area (TPSA) is 37.3 Å². The molecule has 0 aromatic heterocycles. The molecule has 1 N–H and O–H groups in total. The Hall–Kier alpha value is -0.530. The first-order chi connectivity index (χ1) is 14.2. The Kier molecular flexibility index (Phi) is 1.14. The minimum atomic E-state index is -4.70. The average Bonchev–Trinajstić information content (AvgIpc) is 2.58. The SMILES string of the molecule is [2H]C([2H])([2H])C([2H])([2H])C([2H])([2H])C([2H])([2H])C([2H])([2H])C([2H])([2H])C([2H])([2H])C([2H])([2H])C([2H])([2H])C([2H])([2H])C(=O)O. The first-order valence-corrected chi connectivity index (χ1v) is 2.93. The number of hydrogen-bond acceptors (Lipinski definition) is 1. The van der Waals surface area contributed by atoms with E-state index < -0.39 is 70.2 Å². The van der Waals surface area contributed by atoms with Gasteiger partial charge in [-0.1, -0.05) is 51.5 Å². The second-order valence-electron chi connectivity index (χ2n) is 1.43. The molecule has 0 spiro atoms. The monoisotopic (exact) mass is 207 g/mol. The molecular formula is C11H22O2. The summed E-state index contributed by atoms with van der Waals surface area (Å²) in [5.41, 5.74) is 0. The Labute approximate surface area is 111 Å². The third-order valence-electron chi connectivity index (χ3n) is 0.607. The second-order valence-corrected chi connectivity index (χ2v) is 1.43. The van der Waals surface area contributed by atoms with E-state index in [0.717, 1.165) is 0 Å². The van der Waals surface area contributed by atoms with Crippen molar-refractivity contribution < 1.29 is 38.7 Å². The molecule has 0 bridgehead atoms. The zero-order valence-corrected chi connectivity index (χ0v) is 6.36. The molecule has 0 rings (SSSR count). The first kappa shape index (κ1) is 1.56. The smallest absolute Gasteiger partial charge is 0.303 e. The fraction of sp³-hybridized carbons (Fsp3) is 0.909. The Bertz CT molecular complexity index is 789. The molecule has 0 saturated heterocycles. The standard InChI is InChI=1S/C11H22O2/c1-2-3-4-5-6-7-8-9-10-11(12)13/h2-10H2,1H3,(H,12,13)/i1D3,2D2,3D2,4D2,5D2,6D2,7D2,8D2,9D2,10D2. The van der Waals surface area contributed by atoms with Crippen LogP contribution in [0.1, 0.15) is 93.0 Å². The van der Waals surface area contributed by atoms with E-state index in [-0.39, 0.29) is 0 Å². The molecule has 0 saturated carbocycles. The van der Waals surface area contributed by atoms with E-state index in [1.807, 2.05) is 0 Å². The molecule has 13 heavy (non-hydrogen) atoms. The summed E-state index contributed by atoms with van der Waals surface area (Å²) in [7, 11) is 0. The summed E-state index contributed by atoms with van der Waals surface area (Å²) in [6.45, 7) is -3.95. The fourth-order valence-corrected chi connectivity index (χ4v) is 0.272. The lowest BCUT2D eigenvalue weighted by atomic mass is 10.1. The van der Waals surface area contributed by atoms with Gasteiger partial charge >= 0.3 is 5.97 Å². The van der Waals surface area contributed by atoms with E-state index in [1.54, 1.807) is 0 Å². The molecule has 78 valence electrons. The maximum Gasteiger partial charge on any atom is 0.303 e. The minimum absolute atomic E-state index is 2.64. The molecule has 0 aromatic carbocycles. The maximum absolute atomic E-state index is 11.1. The van der Waals surface area contributed by atoms with Crippen LogP contribution in [0, 0.1) is 0 Å². The molecule has 0 unspecified atom stereocenters. The summed E-state index contributed by atoms with van der Waals surface area (Å²) in [6.07, 6.45) is -40.6. The van der Waals surface area contributed by atoms with Crippen LogP contribution in [0.25, 0.3) is 0 Å². The van der Waals surface area contributed by atoms with Crippen LogP contribution in [0.15, 0.2) is 0 Å². The van der Waals surface area contributed by atoms with Crippen molar-refractivity contribution in [2.75, 3.05) is 0 Å². The minimum Gasteiger partial charge on any atom is -0.481 e. The maximum atomic E-state index is 11.1. The lowest BCUT2D eigenvalue weighted by Gasteiger charge is -1.99. The largest absolute Gasteiger partial charge is 0.481 e. The van der Waals surface area contributed by atoms with Gasteiger partial charge in [-0.2, -0.15) is 0 Å². The summed E-state index contributed by atoms with van der Waals surface area (Å²) in [5, 5.41) is 8.89. The second kappa shape index (κ2) is 9.56. The normalized spacial score (nSPS) is 45.1. The van der Waals surface area contributed by atoms with Crippen LogP contribution in [0.4, 0.5) is 0 Å². The summed E-state index contributed by atoms with van der Waals surface area (Å²) in [4.78, 5) is 11.1. The summed E-state index contributed by atoms with van der Waals surface area (Å²) < 4.78 is 159. The average molecular weight is 207 g/mol. The van der Waals surface area contributed by atoms with Crippen molar-refractivity contribution in [1.29, 1.82) is 0 Å². The van der Waals surface area contributed by atoms with Gasteiger partial charge in [0.15, 0.2) is 0 Å². The number of carboxylic acids is 1. The van der Waals surface area contributed by atoms with Crippen molar-refractivity contribution in [3.63, 3.8) is 0 Å². The predicted molar refractivity (Wildman–Crippen MR) is 54.9 cm³/mol. The third kappa shape index (κ3) is 11.5. The lowest BCUT2D eigenvalue weighted by molar-refractivity contribution is -0.137. The van der Waals surface area contributed by atoms with Gasteiger partial charge in [-0.25, -0.2) is 0 Å². The molecular weight excluding hydrogens is 164 g/mol. The van der Waals surface area contributed by atoms with Gasteiger partial charge < -0.3 is 5.11 Å². The van der Waals surface area contributed by atoms with Crippen LogP contribution in [0.5, 0.6) is 0 Å². The Morgan fingerprint density at radius 1 is 1.15 bits per heavy atom. The molecule has 2 heteroatoms. The molecule has 0 aliphatic heterocycles. The van der Waals surface area contributed by atoms with Crippen LogP contribution in [0.2, 0.25) is 0 Å². The van der Waals surface area contributed by atoms with Crippen LogP contribution in [-0.2, 0) is 4.79 Å². The molecule has 0 amide bonds. The molecule has 0 aliphatic rings. The van der Waals surface area contributed by atoms with Crippen molar-refractivity contribution in [2.45, 2.75) is 64.2 Å². The van der Waals surface area contributed by atoms with Crippen LogP contribution < -0.4 is 0 Å². The number of aliphatic carboxylic acids is 1. The van der Waals surface area contributed by atoms with Gasteiger partial charge in [0, 0.05) is 35.2 Å². The molecule has 0 heterocycles. The van der Waals surface area contributed by atoms with Crippen LogP contribution in [-0.4, -0.2) is 11.1 Å². The van der Waals surface area contributed by atoms with Crippen LogP contribution in [0.3, 0.4) is 0 Å². The summed E-state index contributed by atoms with van der Waals surface area (Å²) >= 11 is 0. The molecule has 0 radical (unpaired) electrons. The highest BCUT2D eigenvalue weighted by Crippen LogP contribution is 2.09. The highest BCUT2D eigenvalue weighted by atomic mass is 16.4. The van der Waals surface area contributed by atoms with Gasteiger partial charge in [0.2, 0.25) is 0 Å². The van der Waals surface area contributed by atoms with E-state index >= 15 is 0 Å². The van der Waals surface area contributed by atoms with Crippen molar-refractivity contribution in [3.05, 3.63) is 0 Å². The van der Waals surface area contributed by atoms with Gasteiger partial charge in [0.25, 0.3) is 0 Å². The first-order valence-electron chi connectivity index (χ1n) is 13.4. The number of carboxylic acid groups (broad SMARTS) is 1. The zero-order chi connectivity index (χ0) is 28.6. The lowest BCUT2D eigenvalue weighted by Crippen LogP contribution is -1.93. The van der Waals surface area contributed by atoms with Crippen molar-refractivity contribution in [3.8, 4) is 0 Å². The Morgan fingerprint density at radius 2 is 1.69 bits per heavy atom. The van der Waals surface area contributed by atoms with Gasteiger partial charge in [0.1, 0.15) is 0 Å². The number of rotatable bonds is 9. The van der Waals surface area contributed by atoms with Crippen LogP contribution >= 0.6 is 0 Å². The van der Waals surface area contributed by atoms with E-state index in [0.29, 0.717) is 0 Å². The molecule has 0 aliphatic carbocycles. The van der Waals surface area contributed by atoms with Gasteiger partial charge in [-0.05, 0) is 6.37 Å². The van der Waals surface area contributed by atoms with Crippen molar-refractivity contribution >= 4 is 5.97 Å². The highest BCUT2D eigenvalue weighted by Gasteiger charge is 1.95. The van der Waals surface area contributed by atoms with E-state index in [4.69, 9.17) is 33.9 Å². The highest BCUT2D eigenvalue weighted by molar-refractivity contribution is 5.66. The molecule has 0 atom stereocenters. The van der Waals surface area contributed by atoms with E-state index in [9.17, 15) is 4.79 Å². The van der Waals surface area contributed by atoms with E-state index in [2.05, 4.69) is 0 Å². The molecule has 2 nitrogen and oxygen atoms in total. The van der Waals surface area contributed by atoms with Gasteiger partial charge in [-0.3, -0.25) is 4.79 Å². The van der Waals surface area contributed by atoms with E-state index in [1.165, 1.54) is 0 Å². The molecule has 0 fully saturated rings. The predicted octanol–water partition coefficient (Wildman–Crippen LogP) is 3.60. The molecule has 0 aromatic rings. The Morgan fingerprint density at radius 3 is 2.23 bits per heavy atom. The van der Waals surface area contributed by atoms with Gasteiger partial charge in [0.05, 0.1) is 0 Å². The van der Waals surface area contributed by atoms with Crippen molar-refractivity contribution in [1.82, 2.24) is 0 Å². The van der Waals surface area contributed by atoms with Gasteiger partial charge in [-0.15, -0.1) is 0 Å². The number of hydrogen-bond donors (Lipinski definition) is 1. The number of carbonyl (C=O) groups is 1. The quantitative estimate of drug-likeness (QED) is 0.627. The third-order valence-corrected chi connectivity index (χ3v) is 0.607. The van der Waals surface area contributed by atoms with Crippen molar-refractivity contribution in [2.24, 2.45) is 0 Å². The Balaban J connectivity index is 7.11. The summed E-state index contributed by atoms with van der Waals surface area (Å²) in [6, 6.07) is 0. The fourth-order valence-electron chi connectivity index (χ4n) is 0.272. The summed E-state index contributed by atoms with van der Waals surface area (Å²) in [5.74, 6) is -2.64.